The van der Waals surface area contributed by atoms with Gasteiger partial charge in [-0.05, 0) is 0 Å². The molecule has 4 aromatic rings. The van der Waals surface area contributed by atoms with Crippen LogP contribution in [0.2, 0.25) is 0 Å². The second-order valence-corrected chi connectivity index (χ2v) is 23.4. The zero-order valence-corrected chi connectivity index (χ0v) is 36.5. The van der Waals surface area contributed by atoms with E-state index in [1.54, 1.807) is 65.8 Å². The molecule has 2 aliphatic rings. The van der Waals surface area contributed by atoms with Crippen molar-refractivity contribution < 1.29 is 43.7 Å². The number of rotatable bonds is 14. The van der Waals surface area contributed by atoms with E-state index in [9.17, 15) is 9.59 Å². The number of carbonyl (C=O) groups is 2. The second-order valence-electron chi connectivity index (χ2n) is 17.5. The number of nitrogens with zero attached hydrogens (tertiary/aromatic N) is 2. The van der Waals surface area contributed by atoms with Gasteiger partial charge in [0.05, 0.1) is 0 Å². The van der Waals surface area contributed by atoms with Crippen molar-refractivity contribution >= 4 is 30.9 Å². The van der Waals surface area contributed by atoms with Crippen LogP contribution in [0.1, 0.15) is 78.4 Å². The van der Waals surface area contributed by atoms with E-state index < -0.39 is 58.4 Å². The van der Waals surface area contributed by atoms with Crippen molar-refractivity contribution in [3.05, 3.63) is 164 Å². The Bertz CT molecular complexity index is 2140. The summed E-state index contributed by atoms with van der Waals surface area (Å²) in [6, 6.07) is 24.3. The van der Waals surface area contributed by atoms with Crippen LogP contribution in [0.25, 0.3) is 0 Å². The molecule has 2 amide bonds. The fourth-order valence-corrected chi connectivity index (χ4v) is 16.5. The topological polar surface area (TPSA) is 40.6 Å². The Balaban J connectivity index is 1.57. The van der Waals surface area contributed by atoms with Crippen LogP contribution in [-0.2, 0) is 39.0 Å². The molecule has 0 saturated carbocycles. The summed E-state index contributed by atoms with van der Waals surface area (Å²) >= 11 is -5.35. The SMILES string of the molecule is CC(C)(C)C(=O)N(CCCc1ccccc1)c1ccc(F)[c]([Ti]([C]2=CC=CC2)([C]2=CC=CC2)[c]2c(F)ccc(N(CCCc3ccccc3)C(=O)C(C)(C)C)c2F)c1F. The van der Waals surface area contributed by atoms with Crippen molar-refractivity contribution in [1.29, 1.82) is 0 Å². The first kappa shape index (κ1) is 43.8. The Hall–Kier alpha value is -4.79. The van der Waals surface area contributed by atoms with Crippen LogP contribution in [0, 0.1) is 34.1 Å². The first-order valence-electron chi connectivity index (χ1n) is 20.5. The average Bonchev–Trinajstić information content (AvgIpc) is 3.95. The molecule has 308 valence electrons. The molecule has 4 aromatic carbocycles. The molecule has 9 heteroatoms. The van der Waals surface area contributed by atoms with E-state index in [-0.39, 0.29) is 49.1 Å². The third-order valence-corrected chi connectivity index (χ3v) is 19.1. The van der Waals surface area contributed by atoms with E-state index in [0.29, 0.717) is 33.4 Å². The molecule has 0 spiro atoms. The molecule has 0 unspecified atom stereocenters. The Morgan fingerprint density at radius 2 is 0.932 bits per heavy atom. The summed E-state index contributed by atoms with van der Waals surface area (Å²) < 4.78 is 70.8. The molecule has 4 nitrogen and oxygen atoms in total. The summed E-state index contributed by atoms with van der Waals surface area (Å²) in [5, 5.41) is 0. The van der Waals surface area contributed by atoms with Crippen molar-refractivity contribution in [3.63, 3.8) is 0 Å². The first-order chi connectivity index (χ1) is 28.1. The van der Waals surface area contributed by atoms with Gasteiger partial charge in [-0.1, -0.05) is 0 Å². The van der Waals surface area contributed by atoms with E-state index in [0.717, 1.165) is 23.3 Å². The summed E-state index contributed by atoms with van der Waals surface area (Å²) in [5.74, 6) is -4.61. The number of halogens is 4. The Kier molecular flexibility index (Phi) is 13.5. The minimum atomic E-state index is -5.35. The fourth-order valence-electron chi connectivity index (χ4n) is 8.26. The van der Waals surface area contributed by atoms with E-state index in [4.69, 9.17) is 0 Å². The molecule has 0 heterocycles. The molecular weight excluding hydrogens is 784 g/mol. The molecule has 0 radical (unpaired) electrons. The quantitative estimate of drug-likeness (QED) is 0.0938. The number of anilines is 2. The number of benzene rings is 4. The van der Waals surface area contributed by atoms with Crippen LogP contribution in [0.3, 0.4) is 0 Å². The van der Waals surface area contributed by atoms with Crippen molar-refractivity contribution in [3.8, 4) is 0 Å². The summed E-state index contributed by atoms with van der Waals surface area (Å²) in [6.07, 6.45) is 13.3. The standard InChI is InChI=1S/2C20H22F2NO.2C5H5.Ti/c2*1-20(2,3)19(24)23(18-12-11-16(21)14-17(18)22)13-7-10-15-8-5-4-6-9-15;2*1-2-4-5-3-1;/h2*4-6,8-9,11-12H,7,10,13H2,1-3H3;2*1-3H,4H2;. The van der Waals surface area contributed by atoms with Crippen molar-refractivity contribution in [2.75, 3.05) is 22.9 Å². The van der Waals surface area contributed by atoms with Gasteiger partial charge in [-0.15, -0.1) is 0 Å². The van der Waals surface area contributed by atoms with Gasteiger partial charge < -0.3 is 0 Å². The van der Waals surface area contributed by atoms with Crippen LogP contribution in [0.4, 0.5) is 28.9 Å². The number of aryl methyl sites for hydroxylation is 2. The molecule has 0 N–H and O–H groups in total. The molecule has 0 atom stereocenters. The van der Waals surface area contributed by atoms with Gasteiger partial charge in [-0.2, -0.15) is 0 Å². The fraction of sp³-hybridized carbons (Fsp3) is 0.320. The molecule has 59 heavy (non-hydrogen) atoms. The van der Waals surface area contributed by atoms with E-state index in [2.05, 4.69) is 0 Å². The van der Waals surface area contributed by atoms with Crippen molar-refractivity contribution in [2.45, 2.75) is 80.1 Å². The molecule has 0 bridgehead atoms. The Morgan fingerprint density at radius 1 is 0.559 bits per heavy atom. The van der Waals surface area contributed by atoms with Gasteiger partial charge in [0.25, 0.3) is 0 Å². The van der Waals surface area contributed by atoms with Gasteiger partial charge in [-0.25, -0.2) is 0 Å². The number of allylic oxidation sites excluding steroid dienone is 8. The van der Waals surface area contributed by atoms with Gasteiger partial charge >= 0.3 is 352 Å². The van der Waals surface area contributed by atoms with Gasteiger partial charge in [0, 0.05) is 0 Å². The van der Waals surface area contributed by atoms with Crippen LogP contribution in [0.5, 0.6) is 0 Å². The Labute approximate surface area is 350 Å². The zero-order chi connectivity index (χ0) is 42.5. The molecule has 0 saturated heterocycles. The third-order valence-electron chi connectivity index (χ3n) is 11.1. The Morgan fingerprint density at radius 3 is 1.25 bits per heavy atom. The monoisotopic (exact) mass is 838 g/mol. The second kappa shape index (κ2) is 18.2. The maximum absolute atomic E-state index is 18.1. The van der Waals surface area contributed by atoms with E-state index in [1.165, 1.54) is 21.9 Å². The van der Waals surface area contributed by atoms with Gasteiger partial charge in [0.15, 0.2) is 0 Å². The van der Waals surface area contributed by atoms with Gasteiger partial charge in [0.2, 0.25) is 0 Å². The van der Waals surface area contributed by atoms with Gasteiger partial charge in [0.1, 0.15) is 0 Å². The molecule has 0 aromatic heterocycles. The first-order valence-corrected chi connectivity index (χ1v) is 23.6. The van der Waals surface area contributed by atoms with Crippen molar-refractivity contribution in [1.82, 2.24) is 0 Å². The summed E-state index contributed by atoms with van der Waals surface area (Å²) in [4.78, 5) is 31.2. The zero-order valence-electron chi connectivity index (χ0n) is 34.9. The minimum absolute atomic E-state index is 0.132. The average molecular weight is 839 g/mol. The number of hydrogen-bond donors (Lipinski definition) is 0. The predicted octanol–water partition coefficient (Wildman–Crippen LogP) is 11.1. The molecular formula is C50H54F4N2O2Ti. The van der Waals surface area contributed by atoms with Crippen LogP contribution in [-0.4, -0.2) is 24.9 Å². The third kappa shape index (κ3) is 9.19. The predicted molar refractivity (Wildman–Crippen MR) is 229 cm³/mol. The normalized spacial score (nSPS) is 14.1. The van der Waals surface area contributed by atoms with Crippen LogP contribution < -0.4 is 17.5 Å². The summed E-state index contributed by atoms with van der Waals surface area (Å²) in [7, 11) is 0. The van der Waals surface area contributed by atoms with E-state index >= 15 is 17.6 Å². The maximum atomic E-state index is 18.1. The molecule has 0 aliphatic heterocycles. The van der Waals surface area contributed by atoms with Crippen LogP contribution in [0.15, 0.2) is 129 Å². The number of carbonyl (C=O) groups excluding carboxylic acids is 2. The van der Waals surface area contributed by atoms with Crippen molar-refractivity contribution in [2.24, 2.45) is 10.8 Å². The molecule has 2 aliphatic carbocycles. The van der Waals surface area contributed by atoms with E-state index in [1.807, 2.05) is 72.8 Å². The number of hydrogen-bond acceptors (Lipinski definition) is 2. The van der Waals surface area contributed by atoms with Gasteiger partial charge in [-0.3, -0.25) is 0 Å². The number of amides is 2. The summed E-state index contributed by atoms with van der Waals surface area (Å²) in [5.41, 5.74) is -0.0294. The van der Waals surface area contributed by atoms with Crippen LogP contribution >= 0.6 is 0 Å². The molecule has 6 rings (SSSR count). The summed E-state index contributed by atoms with van der Waals surface area (Å²) in [6.45, 7) is 10.7. The molecule has 0 fully saturated rings.